The zero-order valence-electron chi connectivity index (χ0n) is 17.8. The molecule has 1 saturated carbocycles. The molecule has 7 heteroatoms. The molecule has 1 saturated heterocycles. The second-order valence-electron chi connectivity index (χ2n) is 9.16. The molecule has 1 aliphatic carbocycles. The predicted octanol–water partition coefficient (Wildman–Crippen LogP) is 4.11. The van der Waals surface area contributed by atoms with Crippen molar-refractivity contribution >= 4 is 22.2 Å². The first-order valence-corrected chi connectivity index (χ1v) is 10.9. The fourth-order valence-electron chi connectivity index (χ4n) is 4.77. The van der Waals surface area contributed by atoms with Crippen LogP contribution in [0.1, 0.15) is 31.9 Å². The summed E-state index contributed by atoms with van der Waals surface area (Å²) in [4.78, 5) is 16.0. The molecule has 6 rings (SSSR count). The van der Waals surface area contributed by atoms with E-state index in [2.05, 4.69) is 39.2 Å². The van der Waals surface area contributed by atoms with E-state index in [4.69, 9.17) is 4.98 Å². The monoisotopic (exact) mass is 416 g/mol. The molecule has 1 N–H and O–H groups in total. The minimum absolute atomic E-state index is 0.291. The lowest BCUT2D eigenvalue weighted by Gasteiger charge is -2.26. The summed E-state index contributed by atoms with van der Waals surface area (Å²) in [6.07, 6.45) is 9.12. The van der Waals surface area contributed by atoms with Gasteiger partial charge in [0.15, 0.2) is 17.3 Å². The van der Waals surface area contributed by atoms with Crippen molar-refractivity contribution in [1.82, 2.24) is 24.7 Å². The van der Waals surface area contributed by atoms with Crippen LogP contribution in [0, 0.1) is 12.7 Å². The Labute approximate surface area is 180 Å². The molecule has 0 amide bonds. The summed E-state index contributed by atoms with van der Waals surface area (Å²) in [5.41, 5.74) is 4.09. The van der Waals surface area contributed by atoms with Crippen molar-refractivity contribution < 1.29 is 4.39 Å². The van der Waals surface area contributed by atoms with Crippen LogP contribution in [0.15, 0.2) is 42.9 Å². The van der Waals surface area contributed by atoms with E-state index in [1.807, 2.05) is 25.4 Å². The summed E-state index contributed by atoms with van der Waals surface area (Å²) in [5.74, 6) is 0.139. The van der Waals surface area contributed by atoms with Crippen LogP contribution < -0.4 is 10.2 Å². The zero-order valence-corrected chi connectivity index (χ0v) is 17.8. The van der Waals surface area contributed by atoms with Crippen molar-refractivity contribution in [1.29, 1.82) is 0 Å². The number of aromatic nitrogens is 4. The SMILES string of the molecule is Cc1cn2cc(-c3ncc4cc(N5CCC(C)NC6(CC6)C5)ccc4n3)cc(F)c2n1. The maximum Gasteiger partial charge on any atom is 0.173 e. The normalized spacial score (nSPS) is 20.5. The number of fused-ring (bicyclic) bond motifs is 2. The van der Waals surface area contributed by atoms with Crippen molar-refractivity contribution in [2.24, 2.45) is 0 Å². The first-order valence-electron chi connectivity index (χ1n) is 10.9. The first-order chi connectivity index (χ1) is 15.0. The van der Waals surface area contributed by atoms with Gasteiger partial charge in [-0.15, -0.1) is 0 Å². The smallest absolute Gasteiger partial charge is 0.173 e. The molecule has 1 spiro atoms. The third kappa shape index (κ3) is 3.33. The lowest BCUT2D eigenvalue weighted by atomic mass is 10.1. The average Bonchev–Trinajstić information content (AvgIpc) is 3.43. The van der Waals surface area contributed by atoms with Crippen molar-refractivity contribution in [3.05, 3.63) is 54.4 Å². The number of aryl methyl sites for hydroxylation is 1. The molecule has 158 valence electrons. The molecule has 4 aromatic rings. The van der Waals surface area contributed by atoms with Crippen LogP contribution >= 0.6 is 0 Å². The van der Waals surface area contributed by atoms with Crippen LogP contribution in [-0.2, 0) is 0 Å². The lowest BCUT2D eigenvalue weighted by molar-refractivity contribution is 0.455. The number of rotatable bonds is 2. The summed E-state index contributed by atoms with van der Waals surface area (Å²) in [6.45, 7) is 6.22. The topological polar surface area (TPSA) is 58.4 Å². The van der Waals surface area contributed by atoms with Crippen LogP contribution in [0.4, 0.5) is 10.1 Å². The van der Waals surface area contributed by atoms with E-state index < -0.39 is 0 Å². The van der Waals surface area contributed by atoms with E-state index in [1.54, 1.807) is 10.6 Å². The van der Waals surface area contributed by atoms with Gasteiger partial charge in [-0.1, -0.05) is 0 Å². The molecule has 1 atom stereocenters. The molecule has 1 aromatic carbocycles. The largest absolute Gasteiger partial charge is 0.370 e. The lowest BCUT2D eigenvalue weighted by Crippen LogP contribution is -2.42. The number of nitrogens with one attached hydrogen (secondary N) is 1. The Hall–Kier alpha value is -3.06. The molecule has 2 aliphatic rings. The summed E-state index contributed by atoms with van der Waals surface area (Å²) in [6, 6.07) is 8.38. The summed E-state index contributed by atoms with van der Waals surface area (Å²) < 4.78 is 16.2. The van der Waals surface area contributed by atoms with Gasteiger partial charge in [0.1, 0.15) is 0 Å². The van der Waals surface area contributed by atoms with Gasteiger partial charge in [0.2, 0.25) is 0 Å². The van der Waals surface area contributed by atoms with E-state index in [9.17, 15) is 4.39 Å². The highest BCUT2D eigenvalue weighted by Crippen LogP contribution is 2.39. The molecule has 0 radical (unpaired) electrons. The molecule has 0 bridgehead atoms. The van der Waals surface area contributed by atoms with Gasteiger partial charge < -0.3 is 14.6 Å². The molecule has 2 fully saturated rings. The minimum Gasteiger partial charge on any atom is -0.370 e. The fourth-order valence-corrected chi connectivity index (χ4v) is 4.77. The summed E-state index contributed by atoms with van der Waals surface area (Å²) in [5, 5.41) is 4.80. The molecule has 1 aliphatic heterocycles. The maximum atomic E-state index is 14.5. The van der Waals surface area contributed by atoms with Crippen molar-refractivity contribution in [2.45, 2.75) is 44.7 Å². The van der Waals surface area contributed by atoms with E-state index in [0.29, 0.717) is 28.6 Å². The Morgan fingerprint density at radius 1 is 1.16 bits per heavy atom. The molecule has 3 aromatic heterocycles. The average molecular weight is 417 g/mol. The summed E-state index contributed by atoms with van der Waals surface area (Å²) >= 11 is 0. The number of benzene rings is 1. The number of halogens is 1. The second kappa shape index (κ2) is 6.72. The van der Waals surface area contributed by atoms with Crippen LogP contribution in [0.25, 0.3) is 27.9 Å². The van der Waals surface area contributed by atoms with Gasteiger partial charge in [-0.25, -0.2) is 19.3 Å². The zero-order chi connectivity index (χ0) is 21.2. The molecule has 6 nitrogen and oxygen atoms in total. The minimum atomic E-state index is -0.373. The van der Waals surface area contributed by atoms with Gasteiger partial charge in [-0.2, -0.15) is 0 Å². The standard InChI is InChI=1S/C24H25FN6/c1-15-5-8-30(14-24(29-15)6-7-24)19-3-4-21-17(9-19)11-26-22(28-21)18-10-20(25)23-27-16(2)12-31(23)13-18/h3-4,9-13,15,29H,5-8,14H2,1-2H3. The van der Waals surface area contributed by atoms with Crippen LogP contribution in [0.3, 0.4) is 0 Å². The maximum absolute atomic E-state index is 14.5. The number of pyridine rings is 1. The first kappa shape index (κ1) is 18.7. The van der Waals surface area contributed by atoms with Gasteiger partial charge >= 0.3 is 0 Å². The van der Waals surface area contributed by atoms with Crippen LogP contribution in [-0.4, -0.2) is 44.0 Å². The molecular formula is C24H25FN6. The van der Waals surface area contributed by atoms with Gasteiger partial charge in [0.05, 0.1) is 11.2 Å². The molecule has 1 unspecified atom stereocenters. The van der Waals surface area contributed by atoms with E-state index >= 15 is 0 Å². The number of hydrogen-bond donors (Lipinski definition) is 1. The Bertz CT molecular complexity index is 1310. The molecule has 4 heterocycles. The van der Waals surface area contributed by atoms with E-state index in [-0.39, 0.29) is 5.82 Å². The second-order valence-corrected chi connectivity index (χ2v) is 9.16. The van der Waals surface area contributed by atoms with Crippen molar-refractivity contribution in [2.75, 3.05) is 18.0 Å². The number of nitrogens with zero attached hydrogens (tertiary/aromatic N) is 5. The van der Waals surface area contributed by atoms with Crippen LogP contribution in [0.5, 0.6) is 0 Å². The Morgan fingerprint density at radius 3 is 2.87 bits per heavy atom. The third-order valence-electron chi connectivity index (χ3n) is 6.55. The van der Waals surface area contributed by atoms with Crippen LogP contribution in [0.2, 0.25) is 0 Å². The van der Waals surface area contributed by atoms with Crippen molar-refractivity contribution in [3.63, 3.8) is 0 Å². The number of hydrogen-bond acceptors (Lipinski definition) is 5. The van der Waals surface area contributed by atoms with Gasteiger partial charge in [-0.05, 0) is 57.4 Å². The summed E-state index contributed by atoms with van der Waals surface area (Å²) in [7, 11) is 0. The van der Waals surface area contributed by atoms with E-state index in [1.165, 1.54) is 24.6 Å². The molecule has 31 heavy (non-hydrogen) atoms. The highest BCUT2D eigenvalue weighted by molar-refractivity contribution is 5.83. The van der Waals surface area contributed by atoms with E-state index in [0.717, 1.165) is 36.1 Å². The highest BCUT2D eigenvalue weighted by Gasteiger charge is 2.45. The Morgan fingerprint density at radius 2 is 2.03 bits per heavy atom. The highest BCUT2D eigenvalue weighted by atomic mass is 19.1. The third-order valence-corrected chi connectivity index (χ3v) is 6.55. The quantitative estimate of drug-likeness (QED) is 0.533. The Balaban J connectivity index is 1.34. The van der Waals surface area contributed by atoms with Gasteiger partial charge in [0.25, 0.3) is 0 Å². The van der Waals surface area contributed by atoms with Gasteiger partial charge in [-0.3, -0.25) is 0 Å². The molecular weight excluding hydrogens is 391 g/mol. The predicted molar refractivity (Wildman–Crippen MR) is 120 cm³/mol. The fraction of sp³-hybridized carbons (Fsp3) is 0.375. The number of anilines is 1. The van der Waals surface area contributed by atoms with Gasteiger partial charge in [0, 0.05) is 59.9 Å². The number of imidazole rings is 1. The van der Waals surface area contributed by atoms with Crippen molar-refractivity contribution in [3.8, 4) is 11.4 Å². The Kier molecular flexibility index (Phi) is 4.05.